The summed E-state index contributed by atoms with van der Waals surface area (Å²) in [5.74, 6) is 2.28. The molecule has 6 aromatic carbocycles. The molecule has 1 aliphatic heterocycles. The first-order valence-electron chi connectivity index (χ1n) is 15.8. The molecule has 0 saturated heterocycles. The number of hydrogen-bond acceptors (Lipinski definition) is 4. The van der Waals surface area contributed by atoms with Gasteiger partial charge in [-0.05, 0) is 51.7 Å². The lowest BCUT2D eigenvalue weighted by Gasteiger charge is -2.40. The third kappa shape index (κ3) is 3.73. The molecular formula is C43H26N2OS. The van der Waals surface area contributed by atoms with Crippen molar-refractivity contribution in [3.8, 4) is 56.5 Å². The SMILES string of the molecule is c1ccc(-c2cc(-c3ccccc3)nc(-c3cccc4c3Oc3ccccc3C43c4ccccc4-c4c3ccc3ccsc43)n2)cc1. The van der Waals surface area contributed by atoms with Crippen LogP contribution in [0.2, 0.25) is 0 Å². The Morgan fingerprint density at radius 3 is 1.91 bits per heavy atom. The van der Waals surface area contributed by atoms with Crippen LogP contribution in [0.3, 0.4) is 0 Å². The van der Waals surface area contributed by atoms with Gasteiger partial charge in [0.1, 0.15) is 11.5 Å². The lowest BCUT2D eigenvalue weighted by atomic mass is 9.65. The van der Waals surface area contributed by atoms with E-state index in [4.69, 9.17) is 14.7 Å². The molecule has 0 radical (unpaired) electrons. The van der Waals surface area contributed by atoms with Crippen LogP contribution in [0.25, 0.3) is 55.1 Å². The molecule has 8 aromatic rings. The van der Waals surface area contributed by atoms with E-state index in [1.165, 1.54) is 32.3 Å². The number of hydrogen-bond donors (Lipinski definition) is 0. The topological polar surface area (TPSA) is 35.0 Å². The molecule has 1 spiro atoms. The zero-order valence-electron chi connectivity index (χ0n) is 25.2. The second-order valence-electron chi connectivity index (χ2n) is 12.1. The van der Waals surface area contributed by atoms with Crippen molar-refractivity contribution >= 4 is 21.4 Å². The molecule has 3 heterocycles. The van der Waals surface area contributed by atoms with Gasteiger partial charge in [0.2, 0.25) is 0 Å². The predicted molar refractivity (Wildman–Crippen MR) is 191 cm³/mol. The van der Waals surface area contributed by atoms with E-state index in [1.807, 2.05) is 47.7 Å². The molecule has 0 fully saturated rings. The Bertz CT molecular complexity index is 2440. The Kier molecular flexibility index (Phi) is 5.66. The maximum atomic E-state index is 6.97. The van der Waals surface area contributed by atoms with E-state index in [2.05, 4.69) is 121 Å². The summed E-state index contributed by atoms with van der Waals surface area (Å²) in [6, 6.07) is 53.4. The van der Waals surface area contributed by atoms with Gasteiger partial charge in [-0.1, -0.05) is 127 Å². The summed E-state index contributed by atoms with van der Waals surface area (Å²) in [7, 11) is 0. The number of nitrogens with zero attached hydrogens (tertiary/aromatic N) is 2. The van der Waals surface area contributed by atoms with E-state index >= 15 is 0 Å². The lowest BCUT2D eigenvalue weighted by Crippen LogP contribution is -2.32. The molecule has 47 heavy (non-hydrogen) atoms. The average Bonchev–Trinajstić information content (AvgIpc) is 3.74. The van der Waals surface area contributed by atoms with Crippen LogP contribution in [0.4, 0.5) is 0 Å². The maximum absolute atomic E-state index is 6.97. The monoisotopic (exact) mass is 618 g/mol. The molecule has 2 aliphatic rings. The van der Waals surface area contributed by atoms with Crippen LogP contribution in [0.1, 0.15) is 22.3 Å². The Morgan fingerprint density at radius 2 is 1.15 bits per heavy atom. The summed E-state index contributed by atoms with van der Waals surface area (Å²) in [6.07, 6.45) is 0. The van der Waals surface area contributed by atoms with E-state index in [-0.39, 0.29) is 0 Å². The highest BCUT2D eigenvalue weighted by atomic mass is 32.1. The van der Waals surface area contributed by atoms with E-state index in [1.54, 1.807) is 0 Å². The molecule has 1 atom stereocenters. The molecule has 2 aromatic heterocycles. The molecule has 1 unspecified atom stereocenters. The van der Waals surface area contributed by atoms with Gasteiger partial charge in [0, 0.05) is 32.5 Å². The van der Waals surface area contributed by atoms with Crippen LogP contribution >= 0.6 is 11.3 Å². The molecule has 10 rings (SSSR count). The number of aromatic nitrogens is 2. The highest BCUT2D eigenvalue weighted by Crippen LogP contribution is 2.64. The first kappa shape index (κ1) is 26.4. The molecule has 0 N–H and O–H groups in total. The van der Waals surface area contributed by atoms with Crippen LogP contribution in [-0.4, -0.2) is 9.97 Å². The summed E-state index contributed by atoms with van der Waals surface area (Å²) in [5.41, 5.74) is 11.5. The Hall–Kier alpha value is -5.84. The standard InChI is InChI=1S/C43H26N2OS/c1-3-12-27(13-4-1)36-26-37(28-14-5-2-6-15-28)45-42(44-36)31-17-11-20-35-40(31)46-38-21-10-9-19-33(38)43(35)32-18-8-7-16-30(32)39-34(43)23-22-29-24-25-47-41(29)39/h1-26H. The van der Waals surface area contributed by atoms with Crippen LogP contribution in [-0.2, 0) is 5.41 Å². The third-order valence-corrected chi connectivity index (χ3v) is 10.6. The zero-order valence-corrected chi connectivity index (χ0v) is 26.0. The van der Waals surface area contributed by atoms with Crippen molar-refractivity contribution in [2.75, 3.05) is 0 Å². The Morgan fingerprint density at radius 1 is 0.511 bits per heavy atom. The smallest absolute Gasteiger partial charge is 0.164 e. The fourth-order valence-corrected chi connectivity index (χ4v) is 8.65. The lowest BCUT2D eigenvalue weighted by molar-refractivity contribution is 0.438. The quantitative estimate of drug-likeness (QED) is 0.198. The second-order valence-corrected chi connectivity index (χ2v) is 13.0. The van der Waals surface area contributed by atoms with Gasteiger partial charge in [-0.15, -0.1) is 11.3 Å². The fraction of sp³-hybridized carbons (Fsp3) is 0.0233. The van der Waals surface area contributed by atoms with Crippen LogP contribution in [0, 0.1) is 0 Å². The van der Waals surface area contributed by atoms with Gasteiger partial charge in [0.25, 0.3) is 0 Å². The fourth-order valence-electron chi connectivity index (χ4n) is 7.69. The largest absolute Gasteiger partial charge is 0.456 e. The zero-order chi connectivity index (χ0) is 31.0. The molecule has 220 valence electrons. The molecule has 0 saturated carbocycles. The highest BCUT2D eigenvalue weighted by Gasteiger charge is 2.52. The van der Waals surface area contributed by atoms with Crippen molar-refractivity contribution in [2.24, 2.45) is 0 Å². The van der Waals surface area contributed by atoms with Crippen molar-refractivity contribution in [1.82, 2.24) is 9.97 Å². The van der Waals surface area contributed by atoms with Gasteiger partial charge in [0.05, 0.1) is 22.4 Å². The normalized spacial score (nSPS) is 15.5. The second kappa shape index (κ2) is 10.1. The number of benzene rings is 6. The van der Waals surface area contributed by atoms with Gasteiger partial charge in [0.15, 0.2) is 5.82 Å². The minimum absolute atomic E-state index is 0.566. The van der Waals surface area contributed by atoms with Crippen molar-refractivity contribution in [3.63, 3.8) is 0 Å². The van der Waals surface area contributed by atoms with Gasteiger partial charge < -0.3 is 4.74 Å². The Labute approximate surface area is 276 Å². The van der Waals surface area contributed by atoms with Gasteiger partial charge in [-0.2, -0.15) is 0 Å². The molecule has 0 bridgehead atoms. The summed E-state index contributed by atoms with van der Waals surface area (Å²) < 4.78 is 8.29. The number of rotatable bonds is 3. The van der Waals surface area contributed by atoms with E-state index in [0.29, 0.717) is 5.82 Å². The van der Waals surface area contributed by atoms with Crippen LogP contribution < -0.4 is 4.74 Å². The molecule has 1 aliphatic carbocycles. The number of para-hydroxylation sites is 2. The van der Waals surface area contributed by atoms with E-state index in [0.717, 1.165) is 50.7 Å². The van der Waals surface area contributed by atoms with E-state index < -0.39 is 5.41 Å². The van der Waals surface area contributed by atoms with Crippen LogP contribution in [0.5, 0.6) is 11.5 Å². The third-order valence-electron chi connectivity index (χ3n) is 9.65. The molecule has 0 amide bonds. The number of fused-ring (bicyclic) bond motifs is 11. The minimum atomic E-state index is -0.566. The van der Waals surface area contributed by atoms with E-state index in [9.17, 15) is 0 Å². The first-order chi connectivity index (χ1) is 23.3. The van der Waals surface area contributed by atoms with Crippen molar-refractivity contribution in [3.05, 3.63) is 179 Å². The molecule has 3 nitrogen and oxygen atoms in total. The first-order valence-corrected chi connectivity index (χ1v) is 16.7. The van der Waals surface area contributed by atoms with Crippen LogP contribution in [0.15, 0.2) is 157 Å². The number of ether oxygens (including phenoxy) is 1. The summed E-state index contributed by atoms with van der Waals surface area (Å²) in [6.45, 7) is 0. The summed E-state index contributed by atoms with van der Waals surface area (Å²) >= 11 is 1.81. The number of thiophene rings is 1. The minimum Gasteiger partial charge on any atom is -0.456 e. The van der Waals surface area contributed by atoms with Gasteiger partial charge in [-0.25, -0.2) is 9.97 Å². The van der Waals surface area contributed by atoms with Gasteiger partial charge >= 0.3 is 0 Å². The predicted octanol–water partition coefficient (Wildman–Crippen LogP) is 11.2. The molecular weight excluding hydrogens is 593 g/mol. The average molecular weight is 619 g/mol. The van der Waals surface area contributed by atoms with Crippen molar-refractivity contribution in [2.45, 2.75) is 5.41 Å². The molecule has 4 heteroatoms. The van der Waals surface area contributed by atoms with Crippen molar-refractivity contribution < 1.29 is 4.74 Å². The summed E-state index contributed by atoms with van der Waals surface area (Å²) in [5, 5.41) is 3.47. The Balaban J connectivity index is 1.29. The van der Waals surface area contributed by atoms with Crippen molar-refractivity contribution in [1.29, 1.82) is 0 Å². The summed E-state index contributed by atoms with van der Waals surface area (Å²) in [4.78, 5) is 10.4. The maximum Gasteiger partial charge on any atom is 0.164 e. The highest BCUT2D eigenvalue weighted by molar-refractivity contribution is 7.17. The van der Waals surface area contributed by atoms with Gasteiger partial charge in [-0.3, -0.25) is 0 Å².